The first-order valence-corrected chi connectivity index (χ1v) is 10.5. The molecule has 1 N–H and O–H groups in total. The van der Waals surface area contributed by atoms with E-state index >= 15 is 0 Å². The van der Waals surface area contributed by atoms with E-state index in [1.54, 1.807) is 55.5 Å². The van der Waals surface area contributed by atoms with E-state index in [2.05, 4.69) is 4.72 Å². The van der Waals surface area contributed by atoms with Gasteiger partial charge in [0.1, 0.15) is 5.75 Å². The molecule has 1 heterocycles. The second-order valence-electron chi connectivity index (χ2n) is 6.61. The van der Waals surface area contributed by atoms with Crippen molar-refractivity contribution in [1.82, 2.24) is 4.90 Å². The average Bonchev–Trinajstić information content (AvgIpc) is 3.16. The predicted octanol–water partition coefficient (Wildman–Crippen LogP) is 2.75. The number of benzene rings is 2. The molecule has 1 saturated heterocycles. The Morgan fingerprint density at radius 2 is 1.79 bits per heavy atom. The van der Waals surface area contributed by atoms with E-state index in [1.807, 2.05) is 0 Å². The van der Waals surface area contributed by atoms with Crippen LogP contribution in [0.1, 0.15) is 23.2 Å². The first-order valence-electron chi connectivity index (χ1n) is 9.01. The van der Waals surface area contributed by atoms with Crippen molar-refractivity contribution >= 4 is 21.6 Å². The summed E-state index contributed by atoms with van der Waals surface area (Å²) in [5.41, 5.74) is 0.895. The third-order valence-electron chi connectivity index (χ3n) is 4.75. The highest BCUT2D eigenvalue weighted by Gasteiger charge is 2.29. The molecule has 2 aromatic rings. The predicted molar refractivity (Wildman–Crippen MR) is 106 cm³/mol. The van der Waals surface area contributed by atoms with Crippen molar-refractivity contribution < 1.29 is 22.7 Å². The number of likely N-dealkylation sites (tertiary alicyclic amines) is 1. The van der Waals surface area contributed by atoms with Crippen molar-refractivity contribution in [3.05, 3.63) is 54.1 Å². The highest BCUT2D eigenvalue weighted by molar-refractivity contribution is 7.92. The summed E-state index contributed by atoms with van der Waals surface area (Å²) in [5.74, 6) is 0.533. The standard InChI is InChI=1S/C20H24N2O5S/c1-26-14-17-4-3-13-22(17)20(23)15-5-11-19(12-6-15)28(24,25)21-16-7-9-18(27-2)10-8-16/h5-12,17,21H,3-4,13-14H2,1-2H3. The third-order valence-corrected chi connectivity index (χ3v) is 6.15. The van der Waals surface area contributed by atoms with Crippen LogP contribution in [-0.4, -0.2) is 52.6 Å². The van der Waals surface area contributed by atoms with Gasteiger partial charge in [0.15, 0.2) is 0 Å². The van der Waals surface area contributed by atoms with Gasteiger partial charge in [-0.15, -0.1) is 0 Å². The molecule has 0 radical (unpaired) electrons. The van der Waals surface area contributed by atoms with Crippen LogP contribution < -0.4 is 9.46 Å². The summed E-state index contributed by atoms with van der Waals surface area (Å²) in [6.07, 6.45) is 1.86. The van der Waals surface area contributed by atoms with Crippen LogP contribution in [0.5, 0.6) is 5.75 Å². The normalized spacial score (nSPS) is 16.8. The van der Waals surface area contributed by atoms with Gasteiger partial charge >= 0.3 is 0 Å². The molecule has 28 heavy (non-hydrogen) atoms. The Kier molecular flexibility index (Phi) is 6.21. The highest BCUT2D eigenvalue weighted by Crippen LogP contribution is 2.22. The molecule has 1 aliphatic rings. The summed E-state index contributed by atoms with van der Waals surface area (Å²) >= 11 is 0. The molecular formula is C20H24N2O5S. The Hall–Kier alpha value is -2.58. The molecule has 0 aromatic heterocycles. The molecule has 0 bridgehead atoms. The fraction of sp³-hybridized carbons (Fsp3) is 0.350. The first kappa shape index (κ1) is 20.2. The van der Waals surface area contributed by atoms with Crippen LogP contribution in [0.3, 0.4) is 0 Å². The Morgan fingerprint density at radius 1 is 1.11 bits per heavy atom. The molecule has 0 aliphatic carbocycles. The van der Waals surface area contributed by atoms with E-state index in [0.29, 0.717) is 30.2 Å². The van der Waals surface area contributed by atoms with Gasteiger partial charge in [0.2, 0.25) is 0 Å². The molecule has 8 heteroatoms. The van der Waals surface area contributed by atoms with Crippen LogP contribution in [0.2, 0.25) is 0 Å². The molecule has 1 fully saturated rings. The van der Waals surface area contributed by atoms with Crippen molar-refractivity contribution in [1.29, 1.82) is 0 Å². The zero-order chi connectivity index (χ0) is 20.1. The maximum Gasteiger partial charge on any atom is 0.261 e. The van der Waals surface area contributed by atoms with E-state index < -0.39 is 10.0 Å². The molecule has 0 saturated carbocycles. The number of nitrogens with one attached hydrogen (secondary N) is 1. The van der Waals surface area contributed by atoms with Crippen LogP contribution >= 0.6 is 0 Å². The summed E-state index contributed by atoms with van der Waals surface area (Å²) in [6.45, 7) is 1.19. The second-order valence-corrected chi connectivity index (χ2v) is 8.29. The number of anilines is 1. The maximum atomic E-state index is 12.7. The molecule has 150 valence electrons. The fourth-order valence-electron chi connectivity index (χ4n) is 3.28. The largest absolute Gasteiger partial charge is 0.497 e. The van der Waals surface area contributed by atoms with E-state index in [4.69, 9.17) is 9.47 Å². The SMILES string of the molecule is COCC1CCCN1C(=O)c1ccc(S(=O)(=O)Nc2ccc(OC)cc2)cc1. The topological polar surface area (TPSA) is 84.9 Å². The number of hydrogen-bond donors (Lipinski definition) is 1. The molecule has 3 rings (SSSR count). The minimum absolute atomic E-state index is 0.0673. The summed E-state index contributed by atoms with van der Waals surface area (Å²) in [7, 11) is -0.585. The van der Waals surface area contributed by atoms with Crippen molar-refractivity contribution in [2.45, 2.75) is 23.8 Å². The van der Waals surface area contributed by atoms with Gasteiger partial charge in [0.05, 0.1) is 24.7 Å². The molecule has 0 spiro atoms. The quantitative estimate of drug-likeness (QED) is 0.767. The van der Waals surface area contributed by atoms with Crippen LogP contribution in [0.4, 0.5) is 5.69 Å². The minimum atomic E-state index is -3.75. The number of amides is 1. The Bertz CT molecular complexity index is 911. The number of methoxy groups -OCH3 is 2. The molecule has 2 aromatic carbocycles. The second kappa shape index (κ2) is 8.62. The van der Waals surface area contributed by atoms with Crippen molar-refractivity contribution in [2.24, 2.45) is 0 Å². The molecular weight excluding hydrogens is 380 g/mol. The molecule has 1 atom stereocenters. The number of carbonyl (C=O) groups excluding carboxylic acids is 1. The van der Waals surface area contributed by atoms with E-state index in [1.165, 1.54) is 12.1 Å². The number of ether oxygens (including phenoxy) is 2. The molecule has 1 unspecified atom stereocenters. The van der Waals surface area contributed by atoms with Gasteiger partial charge in [-0.2, -0.15) is 0 Å². The van der Waals surface area contributed by atoms with Crippen LogP contribution in [0.15, 0.2) is 53.4 Å². The number of hydrogen-bond acceptors (Lipinski definition) is 5. The summed E-state index contributed by atoms with van der Waals surface area (Å²) in [5, 5.41) is 0. The van der Waals surface area contributed by atoms with Gasteiger partial charge in [0.25, 0.3) is 15.9 Å². The van der Waals surface area contributed by atoms with Crippen molar-refractivity contribution in [2.75, 3.05) is 32.1 Å². The lowest BCUT2D eigenvalue weighted by Crippen LogP contribution is -2.38. The average molecular weight is 404 g/mol. The van der Waals surface area contributed by atoms with E-state index in [-0.39, 0.29) is 16.8 Å². The van der Waals surface area contributed by atoms with Crippen molar-refractivity contribution in [3.63, 3.8) is 0 Å². The van der Waals surface area contributed by atoms with Gasteiger partial charge in [-0.05, 0) is 61.4 Å². The summed E-state index contributed by atoms with van der Waals surface area (Å²) < 4.78 is 37.9. The van der Waals surface area contributed by atoms with E-state index in [9.17, 15) is 13.2 Å². The van der Waals surface area contributed by atoms with Gasteiger partial charge in [-0.25, -0.2) is 8.42 Å². The zero-order valence-electron chi connectivity index (χ0n) is 15.9. The van der Waals surface area contributed by atoms with Gasteiger partial charge in [0, 0.05) is 24.9 Å². The fourth-order valence-corrected chi connectivity index (χ4v) is 4.34. The van der Waals surface area contributed by atoms with E-state index in [0.717, 1.165) is 12.8 Å². The molecule has 1 amide bonds. The Morgan fingerprint density at radius 3 is 2.39 bits per heavy atom. The number of carbonyl (C=O) groups is 1. The number of rotatable bonds is 7. The van der Waals surface area contributed by atoms with Crippen molar-refractivity contribution in [3.8, 4) is 5.75 Å². The van der Waals surface area contributed by atoms with Crippen LogP contribution in [-0.2, 0) is 14.8 Å². The zero-order valence-corrected chi connectivity index (χ0v) is 16.7. The molecule has 1 aliphatic heterocycles. The Balaban J connectivity index is 1.72. The lowest BCUT2D eigenvalue weighted by atomic mass is 10.2. The third kappa shape index (κ3) is 4.45. The summed E-state index contributed by atoms with van der Waals surface area (Å²) in [4.78, 5) is 14.6. The van der Waals surface area contributed by atoms with Gasteiger partial charge < -0.3 is 14.4 Å². The smallest absolute Gasteiger partial charge is 0.261 e. The first-order chi connectivity index (χ1) is 13.4. The number of nitrogens with zero attached hydrogens (tertiary/aromatic N) is 1. The lowest BCUT2D eigenvalue weighted by Gasteiger charge is -2.24. The summed E-state index contributed by atoms with van der Waals surface area (Å²) in [6, 6.07) is 12.6. The minimum Gasteiger partial charge on any atom is -0.497 e. The highest BCUT2D eigenvalue weighted by atomic mass is 32.2. The lowest BCUT2D eigenvalue weighted by molar-refractivity contribution is 0.0630. The Labute approximate surface area is 165 Å². The van der Waals surface area contributed by atoms with Crippen LogP contribution in [0, 0.1) is 0 Å². The monoisotopic (exact) mass is 404 g/mol. The molecule has 7 nitrogen and oxygen atoms in total. The van der Waals surface area contributed by atoms with Gasteiger partial charge in [-0.1, -0.05) is 0 Å². The maximum absolute atomic E-state index is 12.7. The van der Waals surface area contributed by atoms with Gasteiger partial charge in [-0.3, -0.25) is 9.52 Å². The van der Waals surface area contributed by atoms with Crippen LogP contribution in [0.25, 0.3) is 0 Å². The number of sulfonamides is 1.